The van der Waals surface area contributed by atoms with Gasteiger partial charge in [-0.15, -0.1) is 0 Å². The minimum absolute atomic E-state index is 0.0362. The minimum atomic E-state index is -3.86. The van der Waals surface area contributed by atoms with Crippen molar-refractivity contribution in [2.75, 3.05) is 22.8 Å². The lowest BCUT2D eigenvalue weighted by molar-refractivity contribution is 0.303. The Morgan fingerprint density at radius 2 is 1.97 bits per heavy atom. The van der Waals surface area contributed by atoms with Gasteiger partial charge in [0, 0.05) is 44.3 Å². The van der Waals surface area contributed by atoms with E-state index in [2.05, 4.69) is 39.6 Å². The number of ether oxygens (including phenoxy) is 1. The maximum absolute atomic E-state index is 13.0. The highest BCUT2D eigenvalue weighted by Crippen LogP contribution is 2.40. The van der Waals surface area contributed by atoms with Gasteiger partial charge in [0.2, 0.25) is 0 Å². The van der Waals surface area contributed by atoms with Gasteiger partial charge in [-0.1, -0.05) is 6.07 Å². The summed E-state index contributed by atoms with van der Waals surface area (Å²) in [6.45, 7) is 5.80. The molecule has 5 rings (SSSR count). The second kappa shape index (κ2) is 7.80. The summed E-state index contributed by atoms with van der Waals surface area (Å²) in [6, 6.07) is 9.56. The summed E-state index contributed by atoms with van der Waals surface area (Å²) >= 11 is 0. The maximum Gasteiger partial charge on any atom is 0.281 e. The third-order valence-corrected chi connectivity index (χ3v) is 7.12. The average molecular weight is 467 g/mol. The number of hydrogen-bond donors (Lipinski definition) is 1. The third kappa shape index (κ3) is 3.70. The van der Waals surface area contributed by atoms with Crippen molar-refractivity contribution in [1.29, 1.82) is 0 Å². The highest BCUT2D eigenvalue weighted by molar-refractivity contribution is 7.92. The van der Waals surface area contributed by atoms with Crippen molar-refractivity contribution in [3.8, 4) is 16.9 Å². The number of pyridine rings is 1. The number of rotatable bonds is 5. The highest BCUT2D eigenvalue weighted by Gasteiger charge is 2.24. The zero-order valence-corrected chi connectivity index (χ0v) is 19.8. The maximum atomic E-state index is 13.0. The van der Waals surface area contributed by atoms with Gasteiger partial charge in [0.15, 0.2) is 5.03 Å². The van der Waals surface area contributed by atoms with E-state index in [-0.39, 0.29) is 5.03 Å². The van der Waals surface area contributed by atoms with E-state index >= 15 is 0 Å². The van der Waals surface area contributed by atoms with E-state index in [4.69, 9.17) is 4.74 Å². The molecule has 1 aromatic carbocycles. The largest absolute Gasteiger partial charge is 0.490 e. The molecular weight excluding hydrogens is 440 g/mol. The molecule has 1 aliphatic heterocycles. The minimum Gasteiger partial charge on any atom is -0.490 e. The predicted octanol–water partition coefficient (Wildman–Crippen LogP) is 3.38. The number of anilines is 2. The van der Waals surface area contributed by atoms with E-state index in [9.17, 15) is 8.42 Å². The van der Waals surface area contributed by atoms with Crippen LogP contribution in [0.2, 0.25) is 0 Å². The summed E-state index contributed by atoms with van der Waals surface area (Å²) in [4.78, 5) is 6.81. The summed E-state index contributed by atoms with van der Waals surface area (Å²) in [5, 5.41) is 4.74. The van der Waals surface area contributed by atoms with Crippen molar-refractivity contribution < 1.29 is 13.2 Å². The normalized spacial score (nSPS) is 13.9. The van der Waals surface area contributed by atoms with Gasteiger partial charge in [0.05, 0.1) is 23.3 Å². The Hall–Kier alpha value is -3.53. The van der Waals surface area contributed by atoms with Crippen LogP contribution in [0.4, 0.5) is 11.4 Å². The Balaban J connectivity index is 1.64. The van der Waals surface area contributed by atoms with E-state index < -0.39 is 10.0 Å². The number of nitrogens with zero attached hydrogens (tertiary/aromatic N) is 5. The number of sulfonamides is 1. The Bertz CT molecular complexity index is 1450. The third-order valence-electron chi connectivity index (χ3n) is 5.86. The lowest BCUT2D eigenvalue weighted by Crippen LogP contribution is -2.37. The molecule has 1 aliphatic rings. The molecule has 0 amide bonds. The van der Waals surface area contributed by atoms with Crippen LogP contribution in [-0.2, 0) is 24.1 Å². The highest BCUT2D eigenvalue weighted by atomic mass is 32.2. The van der Waals surface area contributed by atoms with Crippen LogP contribution in [0.25, 0.3) is 22.2 Å². The fourth-order valence-electron chi connectivity index (χ4n) is 4.28. The first-order valence-corrected chi connectivity index (χ1v) is 12.2. The number of aryl methyl sites for hydroxylation is 2. The van der Waals surface area contributed by atoms with E-state index in [0.29, 0.717) is 24.0 Å². The molecule has 0 saturated heterocycles. The summed E-state index contributed by atoms with van der Waals surface area (Å²) in [5.41, 5.74) is 4.01. The molecule has 172 valence electrons. The molecule has 10 heteroatoms. The molecule has 0 fully saturated rings. The Morgan fingerprint density at radius 3 is 2.70 bits per heavy atom. The molecule has 1 N–H and O–H groups in total. The molecule has 0 saturated carbocycles. The van der Waals surface area contributed by atoms with Crippen molar-refractivity contribution in [1.82, 2.24) is 19.3 Å². The van der Waals surface area contributed by atoms with Gasteiger partial charge in [-0.3, -0.25) is 9.40 Å². The molecule has 33 heavy (non-hydrogen) atoms. The van der Waals surface area contributed by atoms with Crippen LogP contribution in [0, 0.1) is 0 Å². The first-order valence-electron chi connectivity index (χ1n) is 10.7. The SMILES string of the molecule is CC(C)N1CCOc2ccc(-c3cn(C)c4nccc(NS(=O)(=O)c5ccn(C)n5)c34)cc21. The number of aromatic nitrogens is 4. The van der Waals surface area contributed by atoms with Crippen molar-refractivity contribution in [3.05, 3.63) is 48.9 Å². The van der Waals surface area contributed by atoms with Gasteiger partial charge in [0.25, 0.3) is 10.0 Å². The number of fused-ring (bicyclic) bond motifs is 2. The molecule has 4 heterocycles. The Labute approximate surface area is 192 Å². The first-order chi connectivity index (χ1) is 15.7. The number of hydrogen-bond acceptors (Lipinski definition) is 6. The molecule has 3 aromatic heterocycles. The van der Waals surface area contributed by atoms with Gasteiger partial charge in [-0.25, -0.2) is 4.98 Å². The summed E-state index contributed by atoms with van der Waals surface area (Å²) in [7, 11) is -0.275. The molecule has 0 aliphatic carbocycles. The summed E-state index contributed by atoms with van der Waals surface area (Å²) in [5.74, 6) is 0.855. The lowest BCUT2D eigenvalue weighted by atomic mass is 10.0. The van der Waals surface area contributed by atoms with Gasteiger partial charge in [-0.2, -0.15) is 13.5 Å². The zero-order valence-electron chi connectivity index (χ0n) is 19.0. The van der Waals surface area contributed by atoms with Crippen LogP contribution in [0.3, 0.4) is 0 Å². The predicted molar refractivity (Wildman–Crippen MR) is 128 cm³/mol. The second-order valence-corrected chi connectivity index (χ2v) is 10.1. The summed E-state index contributed by atoms with van der Waals surface area (Å²) in [6.07, 6.45) is 5.17. The van der Waals surface area contributed by atoms with Gasteiger partial charge in [-0.05, 0) is 43.7 Å². The van der Waals surface area contributed by atoms with Crippen LogP contribution in [0.1, 0.15) is 13.8 Å². The summed E-state index contributed by atoms with van der Waals surface area (Å²) < 4.78 is 37.9. The fraction of sp³-hybridized carbons (Fsp3) is 0.304. The molecule has 0 radical (unpaired) electrons. The van der Waals surface area contributed by atoms with Crippen LogP contribution in [0.15, 0.2) is 53.9 Å². The topological polar surface area (TPSA) is 94.3 Å². The molecule has 0 bridgehead atoms. The van der Waals surface area contributed by atoms with E-state index in [1.165, 1.54) is 10.7 Å². The van der Waals surface area contributed by atoms with E-state index in [0.717, 1.165) is 34.5 Å². The lowest BCUT2D eigenvalue weighted by Gasteiger charge is -2.34. The van der Waals surface area contributed by atoms with Crippen molar-refractivity contribution in [2.45, 2.75) is 24.9 Å². The monoisotopic (exact) mass is 466 g/mol. The molecule has 4 aromatic rings. The van der Waals surface area contributed by atoms with Crippen LogP contribution in [0.5, 0.6) is 5.75 Å². The van der Waals surface area contributed by atoms with Gasteiger partial charge >= 0.3 is 0 Å². The van der Waals surface area contributed by atoms with Crippen LogP contribution in [-0.4, -0.2) is 46.9 Å². The molecule has 9 nitrogen and oxygen atoms in total. The van der Waals surface area contributed by atoms with Gasteiger partial charge in [0.1, 0.15) is 18.0 Å². The number of benzene rings is 1. The van der Waals surface area contributed by atoms with Crippen molar-refractivity contribution in [3.63, 3.8) is 0 Å². The van der Waals surface area contributed by atoms with E-state index in [1.807, 2.05) is 29.9 Å². The zero-order chi connectivity index (χ0) is 23.3. The van der Waals surface area contributed by atoms with Crippen molar-refractivity contribution in [2.24, 2.45) is 14.1 Å². The average Bonchev–Trinajstić information content (AvgIpc) is 3.37. The number of nitrogens with one attached hydrogen (secondary N) is 1. The van der Waals surface area contributed by atoms with E-state index in [1.54, 1.807) is 25.5 Å². The molecule has 0 unspecified atom stereocenters. The Kier molecular flexibility index (Phi) is 5.04. The smallest absolute Gasteiger partial charge is 0.281 e. The standard InChI is InChI=1S/C23H26N6O3S/c1-15(2)29-11-12-32-20-6-5-16(13-19(20)29)17-14-27(3)23-22(17)18(7-9-24-23)26-33(30,31)21-8-10-28(4)25-21/h5-10,13-15H,11-12H2,1-4H3,(H,24,26). The van der Waals surface area contributed by atoms with Gasteiger partial charge < -0.3 is 14.2 Å². The molecule has 0 atom stereocenters. The first kappa shape index (κ1) is 21.3. The van der Waals surface area contributed by atoms with Crippen LogP contribution < -0.4 is 14.4 Å². The quantitative estimate of drug-likeness (QED) is 0.485. The van der Waals surface area contributed by atoms with Crippen molar-refractivity contribution >= 4 is 32.4 Å². The molecule has 0 spiro atoms. The molecular formula is C23H26N6O3S. The second-order valence-electron chi connectivity index (χ2n) is 8.46. The Morgan fingerprint density at radius 1 is 1.15 bits per heavy atom. The van der Waals surface area contributed by atoms with Crippen LogP contribution >= 0.6 is 0 Å². The fourth-order valence-corrected chi connectivity index (χ4v) is 5.32.